The molecule has 2 aromatic carbocycles. The Morgan fingerprint density at radius 1 is 0.964 bits per heavy atom. The number of anilines is 3. The highest BCUT2D eigenvalue weighted by atomic mass is 16.1. The van der Waals surface area contributed by atoms with Crippen LogP contribution in [0.15, 0.2) is 60.8 Å². The summed E-state index contributed by atoms with van der Waals surface area (Å²) < 4.78 is 0. The minimum Gasteiger partial charge on any atom is -0.324 e. The summed E-state index contributed by atoms with van der Waals surface area (Å²) in [5.74, 6) is -0.00535. The molecule has 1 aromatic heterocycles. The lowest BCUT2D eigenvalue weighted by molar-refractivity contribution is 0.102. The number of amides is 1. The van der Waals surface area contributed by atoms with Crippen LogP contribution >= 0.6 is 0 Å². The van der Waals surface area contributed by atoms with Gasteiger partial charge in [0.1, 0.15) is 5.69 Å². The average Bonchev–Trinajstić information content (AvgIpc) is 2.68. The van der Waals surface area contributed by atoms with Crippen LogP contribution in [0.2, 0.25) is 0 Å². The molecule has 0 atom stereocenters. The van der Waals surface area contributed by atoms with Gasteiger partial charge in [0.2, 0.25) is 5.95 Å². The summed E-state index contributed by atoms with van der Waals surface area (Å²) in [4.78, 5) is 20.9. The maximum Gasteiger partial charge on any atom is 0.274 e. The fraction of sp³-hybridized carbons (Fsp3) is 0.182. The van der Waals surface area contributed by atoms with Gasteiger partial charge in [-0.2, -0.15) is 5.26 Å². The molecule has 6 heteroatoms. The summed E-state index contributed by atoms with van der Waals surface area (Å²) in [7, 11) is 0. The predicted molar refractivity (Wildman–Crippen MR) is 110 cm³/mol. The summed E-state index contributed by atoms with van der Waals surface area (Å²) in [6.07, 6.45) is 1.52. The number of nitriles is 1. The van der Waals surface area contributed by atoms with Crippen LogP contribution in [-0.4, -0.2) is 15.9 Å². The first kappa shape index (κ1) is 19.1. The van der Waals surface area contributed by atoms with E-state index in [0.29, 0.717) is 17.2 Å². The molecular formula is C22H21N5O. The van der Waals surface area contributed by atoms with Gasteiger partial charge in [0.15, 0.2) is 0 Å². The van der Waals surface area contributed by atoms with Crippen LogP contribution in [0.4, 0.5) is 17.3 Å². The Balaban J connectivity index is 1.70. The molecule has 140 valence electrons. The van der Waals surface area contributed by atoms with Gasteiger partial charge < -0.3 is 10.6 Å². The summed E-state index contributed by atoms with van der Waals surface area (Å²) in [6.45, 7) is 6.43. The molecule has 28 heavy (non-hydrogen) atoms. The Bertz CT molecular complexity index is 1010. The number of hydrogen-bond acceptors (Lipinski definition) is 5. The van der Waals surface area contributed by atoms with E-state index in [1.165, 1.54) is 11.8 Å². The molecule has 6 nitrogen and oxygen atoms in total. The van der Waals surface area contributed by atoms with Crippen molar-refractivity contribution in [2.24, 2.45) is 0 Å². The van der Waals surface area contributed by atoms with E-state index in [4.69, 9.17) is 5.26 Å². The van der Waals surface area contributed by atoms with E-state index < -0.39 is 0 Å². The van der Waals surface area contributed by atoms with Crippen LogP contribution in [0.3, 0.4) is 0 Å². The zero-order valence-corrected chi connectivity index (χ0v) is 16.0. The first-order valence-corrected chi connectivity index (χ1v) is 8.87. The van der Waals surface area contributed by atoms with Gasteiger partial charge in [-0.05, 0) is 53.4 Å². The minimum atomic E-state index is -0.311. The van der Waals surface area contributed by atoms with E-state index in [1.807, 2.05) is 24.3 Å². The van der Waals surface area contributed by atoms with Crippen LogP contribution in [0.25, 0.3) is 0 Å². The van der Waals surface area contributed by atoms with Crippen molar-refractivity contribution in [1.82, 2.24) is 9.97 Å². The quantitative estimate of drug-likeness (QED) is 0.697. The second kappa shape index (κ2) is 7.89. The maximum atomic E-state index is 12.5. The van der Waals surface area contributed by atoms with Crippen molar-refractivity contribution in [1.29, 1.82) is 5.26 Å². The first-order valence-electron chi connectivity index (χ1n) is 8.87. The number of carbonyl (C=O) groups is 1. The van der Waals surface area contributed by atoms with E-state index in [9.17, 15) is 4.79 Å². The number of rotatable bonds is 4. The summed E-state index contributed by atoms with van der Waals surface area (Å²) in [6, 6.07) is 18.3. The molecule has 0 aliphatic rings. The second-order valence-electron chi connectivity index (χ2n) is 7.36. The third kappa shape index (κ3) is 4.71. The lowest BCUT2D eigenvalue weighted by Crippen LogP contribution is -2.15. The van der Waals surface area contributed by atoms with Gasteiger partial charge in [-0.15, -0.1) is 0 Å². The summed E-state index contributed by atoms with van der Waals surface area (Å²) in [5.41, 5.74) is 3.51. The highest BCUT2D eigenvalue weighted by Crippen LogP contribution is 2.23. The summed E-state index contributed by atoms with van der Waals surface area (Å²) in [5, 5.41) is 14.7. The Morgan fingerprint density at radius 2 is 1.61 bits per heavy atom. The monoisotopic (exact) mass is 371 g/mol. The second-order valence-corrected chi connectivity index (χ2v) is 7.36. The van der Waals surface area contributed by atoms with Gasteiger partial charge in [-0.1, -0.05) is 32.9 Å². The van der Waals surface area contributed by atoms with Gasteiger partial charge in [0.25, 0.3) is 5.91 Å². The molecule has 0 saturated heterocycles. The topological polar surface area (TPSA) is 90.7 Å². The Kier molecular flexibility index (Phi) is 5.37. The van der Waals surface area contributed by atoms with Crippen molar-refractivity contribution in [2.45, 2.75) is 26.2 Å². The Hall–Kier alpha value is -3.72. The molecule has 1 heterocycles. The smallest absolute Gasteiger partial charge is 0.274 e. The normalized spacial score (nSPS) is 10.8. The largest absolute Gasteiger partial charge is 0.324 e. The number of nitrogens with one attached hydrogen (secondary N) is 2. The molecule has 2 N–H and O–H groups in total. The van der Waals surface area contributed by atoms with Crippen LogP contribution < -0.4 is 10.6 Å². The van der Waals surface area contributed by atoms with Crippen molar-refractivity contribution in [3.05, 3.63) is 77.6 Å². The highest BCUT2D eigenvalue weighted by molar-refractivity contribution is 6.03. The first-order chi connectivity index (χ1) is 13.3. The van der Waals surface area contributed by atoms with Gasteiger partial charge in [0.05, 0.1) is 11.6 Å². The van der Waals surface area contributed by atoms with Gasteiger partial charge >= 0.3 is 0 Å². The van der Waals surface area contributed by atoms with Gasteiger partial charge in [-0.3, -0.25) is 4.79 Å². The van der Waals surface area contributed by atoms with E-state index in [0.717, 1.165) is 5.69 Å². The molecule has 0 radical (unpaired) electrons. The van der Waals surface area contributed by atoms with E-state index in [1.54, 1.807) is 30.3 Å². The Morgan fingerprint density at radius 3 is 2.21 bits per heavy atom. The molecule has 0 aliphatic heterocycles. The SMILES string of the molecule is CC(C)(C)c1ccc(NC(=O)c2ccnc(Nc3ccc(C#N)cc3)n2)cc1. The lowest BCUT2D eigenvalue weighted by Gasteiger charge is -2.19. The van der Waals surface area contributed by atoms with Crippen LogP contribution in [-0.2, 0) is 5.41 Å². The molecule has 0 spiro atoms. The number of nitrogens with zero attached hydrogens (tertiary/aromatic N) is 3. The number of carbonyl (C=O) groups excluding carboxylic acids is 1. The van der Waals surface area contributed by atoms with Crippen molar-refractivity contribution in [2.75, 3.05) is 10.6 Å². The van der Waals surface area contributed by atoms with E-state index in [2.05, 4.69) is 47.4 Å². The molecule has 0 aliphatic carbocycles. The molecule has 3 aromatic rings. The zero-order valence-electron chi connectivity index (χ0n) is 16.0. The third-order valence-corrected chi connectivity index (χ3v) is 4.17. The molecule has 0 bridgehead atoms. The minimum absolute atomic E-state index is 0.0568. The van der Waals surface area contributed by atoms with Crippen molar-refractivity contribution < 1.29 is 4.79 Å². The van der Waals surface area contributed by atoms with E-state index >= 15 is 0 Å². The van der Waals surface area contributed by atoms with Gasteiger partial charge in [0, 0.05) is 17.6 Å². The zero-order chi connectivity index (χ0) is 20.1. The third-order valence-electron chi connectivity index (χ3n) is 4.17. The molecule has 0 unspecified atom stereocenters. The van der Waals surface area contributed by atoms with Crippen molar-refractivity contribution in [3.8, 4) is 6.07 Å². The Labute approximate surface area is 164 Å². The van der Waals surface area contributed by atoms with Crippen molar-refractivity contribution >= 4 is 23.2 Å². The molecule has 3 rings (SSSR count). The lowest BCUT2D eigenvalue weighted by atomic mass is 9.87. The van der Waals surface area contributed by atoms with Crippen LogP contribution in [0.1, 0.15) is 42.4 Å². The van der Waals surface area contributed by atoms with E-state index in [-0.39, 0.29) is 17.0 Å². The molecule has 1 amide bonds. The maximum absolute atomic E-state index is 12.5. The predicted octanol–water partition coefficient (Wildman–Crippen LogP) is 4.64. The number of aromatic nitrogens is 2. The van der Waals surface area contributed by atoms with Crippen LogP contribution in [0, 0.1) is 11.3 Å². The van der Waals surface area contributed by atoms with Crippen LogP contribution in [0.5, 0.6) is 0 Å². The molecular weight excluding hydrogens is 350 g/mol. The molecule has 0 fully saturated rings. The standard InChI is InChI=1S/C22H21N5O/c1-22(2,3)16-6-10-17(11-7-16)25-20(28)19-12-13-24-21(27-19)26-18-8-4-15(14-23)5-9-18/h4-13H,1-3H3,(H,25,28)(H,24,26,27). The fourth-order valence-electron chi connectivity index (χ4n) is 2.55. The summed E-state index contributed by atoms with van der Waals surface area (Å²) >= 11 is 0. The van der Waals surface area contributed by atoms with Gasteiger partial charge in [-0.25, -0.2) is 9.97 Å². The highest BCUT2D eigenvalue weighted by Gasteiger charge is 2.14. The fourth-order valence-corrected chi connectivity index (χ4v) is 2.55. The molecule has 0 saturated carbocycles. The number of hydrogen-bond donors (Lipinski definition) is 2. The number of benzene rings is 2. The van der Waals surface area contributed by atoms with Crippen molar-refractivity contribution in [3.63, 3.8) is 0 Å². The average molecular weight is 371 g/mol.